The molecule has 3 heterocycles. The van der Waals surface area contributed by atoms with Gasteiger partial charge in [-0.15, -0.1) is 11.3 Å². The van der Waals surface area contributed by atoms with Crippen LogP contribution in [0.25, 0.3) is 125 Å². The van der Waals surface area contributed by atoms with Gasteiger partial charge >= 0.3 is 0 Å². The van der Waals surface area contributed by atoms with Crippen LogP contribution in [0.3, 0.4) is 0 Å². The van der Waals surface area contributed by atoms with Gasteiger partial charge in [-0.2, -0.15) is 0 Å². The fourth-order valence-electron chi connectivity index (χ4n) is 14.7. The second-order valence-corrected chi connectivity index (χ2v) is 24.1. The highest BCUT2D eigenvalue weighted by molar-refractivity contribution is 7.27. The van der Waals surface area contributed by atoms with Gasteiger partial charge in [0.15, 0.2) is 0 Å². The first-order valence-electron chi connectivity index (χ1n) is 30.1. The van der Waals surface area contributed by atoms with Crippen LogP contribution in [-0.2, 0) is 5.41 Å². The van der Waals surface area contributed by atoms with Crippen LogP contribution in [0, 0.1) is 0 Å². The van der Waals surface area contributed by atoms with Crippen LogP contribution in [0.15, 0.2) is 315 Å². The molecule has 0 bridgehead atoms. The third-order valence-corrected chi connectivity index (χ3v) is 19.7. The quantitative estimate of drug-likeness (QED) is 0.135. The Morgan fingerprint density at radius 3 is 1.39 bits per heavy atom. The molecule has 5 heteroatoms. The Labute approximate surface area is 512 Å². The standard InChI is InChI=1S/C83H52N4S/c1-6-25-53(26-7-1)54-45-47-59(48-46-54)86(60-49-50-64-63-37-22-23-43-70(63)83(71(64)51-60,57-31-12-4-13-32-57)58-33-14-5-15-34-58)74-44-24-42-69-75-66-39-19-21-41-68(66)79-77(81(75)88-80(69)74)76-65-38-18-16-35-61(65)62-36-17-20-40-67(62)78(76)87(79)82-84-72(55-27-8-2-9-28-55)52-73(85-82)56-29-10-3-11-30-56/h1-52H. The number of benzene rings is 14. The minimum absolute atomic E-state index is 0.589. The first kappa shape index (κ1) is 50.1. The predicted molar refractivity (Wildman–Crippen MR) is 370 cm³/mol. The molecule has 17 aromatic rings. The molecule has 1 aliphatic carbocycles. The van der Waals surface area contributed by atoms with Crippen molar-refractivity contribution in [3.63, 3.8) is 0 Å². The molecule has 0 fully saturated rings. The van der Waals surface area contributed by atoms with E-state index in [1.807, 2.05) is 11.3 Å². The maximum atomic E-state index is 5.65. The Kier molecular flexibility index (Phi) is 11.4. The average molecular weight is 1140 g/mol. The van der Waals surface area contributed by atoms with Crippen LogP contribution in [0.1, 0.15) is 22.3 Å². The molecule has 0 aliphatic heterocycles. The molecular formula is C83H52N4S. The fourth-order valence-corrected chi connectivity index (χ4v) is 16.1. The van der Waals surface area contributed by atoms with Gasteiger partial charge in [0.1, 0.15) is 0 Å². The van der Waals surface area contributed by atoms with E-state index >= 15 is 0 Å². The van der Waals surface area contributed by atoms with Crippen molar-refractivity contribution < 1.29 is 0 Å². The molecule has 3 aromatic heterocycles. The van der Waals surface area contributed by atoms with E-state index < -0.39 is 5.41 Å². The smallest absolute Gasteiger partial charge is 0.235 e. The first-order chi connectivity index (χ1) is 43.7. The molecular weight excluding hydrogens is 1090 g/mol. The fraction of sp³-hybridized carbons (Fsp3) is 0.0120. The summed E-state index contributed by atoms with van der Waals surface area (Å²) in [5, 5.41) is 11.9. The molecule has 0 N–H and O–H groups in total. The minimum atomic E-state index is -0.589. The summed E-state index contributed by atoms with van der Waals surface area (Å²) in [5.74, 6) is 0.623. The Bertz CT molecular complexity index is 5510. The summed E-state index contributed by atoms with van der Waals surface area (Å²) in [4.78, 5) is 13.8. The van der Waals surface area contributed by atoms with E-state index in [2.05, 4.69) is 325 Å². The third kappa shape index (κ3) is 7.44. The number of aromatic nitrogens is 3. The van der Waals surface area contributed by atoms with E-state index in [1.165, 1.54) is 97.0 Å². The summed E-state index contributed by atoms with van der Waals surface area (Å²) in [6.07, 6.45) is 0. The lowest BCUT2D eigenvalue weighted by atomic mass is 9.67. The van der Waals surface area contributed by atoms with Crippen molar-refractivity contribution in [1.29, 1.82) is 0 Å². The van der Waals surface area contributed by atoms with Crippen LogP contribution in [0.5, 0.6) is 0 Å². The highest BCUT2D eigenvalue weighted by Crippen LogP contribution is 2.59. The molecule has 0 saturated carbocycles. The van der Waals surface area contributed by atoms with Crippen molar-refractivity contribution in [2.24, 2.45) is 0 Å². The van der Waals surface area contributed by atoms with E-state index in [1.54, 1.807) is 0 Å². The molecule has 4 nitrogen and oxygen atoms in total. The van der Waals surface area contributed by atoms with Crippen LogP contribution in [0.2, 0.25) is 0 Å². The highest BCUT2D eigenvalue weighted by Gasteiger charge is 2.46. The molecule has 410 valence electrons. The lowest BCUT2D eigenvalue weighted by Gasteiger charge is -2.35. The summed E-state index contributed by atoms with van der Waals surface area (Å²) in [7, 11) is 0. The Morgan fingerprint density at radius 2 is 0.761 bits per heavy atom. The SMILES string of the molecule is c1ccc(-c2ccc(N(c3ccc4c(c3)C(c3ccccc3)(c3ccccc3)c3ccccc3-4)c3cccc4c3sc3c4c4ccccc4c4c3c3c5ccccc5c5ccccc5c3n4-c3nc(-c4ccccc4)cc(-c4ccccc4)n3)cc2)cc1. The third-order valence-electron chi connectivity index (χ3n) is 18.4. The number of nitrogens with zero attached hydrogens (tertiary/aromatic N) is 4. The maximum Gasteiger partial charge on any atom is 0.235 e. The van der Waals surface area contributed by atoms with Crippen LogP contribution in [0.4, 0.5) is 17.1 Å². The van der Waals surface area contributed by atoms with Crippen molar-refractivity contribution in [2.45, 2.75) is 5.41 Å². The number of fused-ring (bicyclic) bond motifs is 18. The lowest BCUT2D eigenvalue weighted by molar-refractivity contribution is 0.768. The monoisotopic (exact) mass is 1140 g/mol. The number of rotatable bonds is 9. The summed E-state index contributed by atoms with van der Waals surface area (Å²) in [6.45, 7) is 0. The zero-order valence-electron chi connectivity index (χ0n) is 47.7. The normalized spacial score (nSPS) is 12.6. The zero-order valence-corrected chi connectivity index (χ0v) is 48.5. The Balaban J connectivity index is 0.967. The molecule has 18 rings (SSSR count). The predicted octanol–water partition coefficient (Wildman–Crippen LogP) is 22.2. The summed E-state index contributed by atoms with van der Waals surface area (Å²) >= 11 is 1.90. The van der Waals surface area contributed by atoms with Crippen molar-refractivity contribution in [3.8, 4) is 50.7 Å². The van der Waals surface area contributed by atoms with Crippen molar-refractivity contribution >= 4 is 103 Å². The minimum Gasteiger partial charge on any atom is -0.309 e. The molecule has 0 spiro atoms. The number of hydrogen-bond acceptors (Lipinski definition) is 4. The molecule has 0 saturated heterocycles. The average Bonchev–Trinajstić information content (AvgIpc) is 1.54. The molecule has 0 unspecified atom stereocenters. The summed E-state index contributed by atoms with van der Waals surface area (Å²) in [6, 6.07) is 116. The molecule has 88 heavy (non-hydrogen) atoms. The van der Waals surface area contributed by atoms with E-state index in [0.717, 1.165) is 61.4 Å². The molecule has 1 aliphatic rings. The second kappa shape index (κ2) is 19.9. The van der Waals surface area contributed by atoms with E-state index in [0.29, 0.717) is 5.95 Å². The number of thiophene rings is 1. The van der Waals surface area contributed by atoms with Crippen LogP contribution < -0.4 is 4.90 Å². The van der Waals surface area contributed by atoms with Crippen molar-refractivity contribution in [1.82, 2.24) is 14.5 Å². The maximum absolute atomic E-state index is 5.65. The van der Waals surface area contributed by atoms with E-state index in [9.17, 15) is 0 Å². The largest absolute Gasteiger partial charge is 0.309 e. The Hall–Kier alpha value is -11.2. The Morgan fingerprint density at radius 1 is 0.307 bits per heavy atom. The second-order valence-electron chi connectivity index (χ2n) is 23.1. The zero-order chi connectivity index (χ0) is 57.9. The first-order valence-corrected chi connectivity index (χ1v) is 31.0. The van der Waals surface area contributed by atoms with Gasteiger partial charge in [0.05, 0.1) is 38.2 Å². The number of anilines is 3. The topological polar surface area (TPSA) is 34.0 Å². The summed E-state index contributed by atoms with van der Waals surface area (Å²) in [5.41, 5.74) is 18.5. The van der Waals surface area contributed by atoms with Gasteiger partial charge in [-0.05, 0) is 102 Å². The van der Waals surface area contributed by atoms with Gasteiger partial charge in [0, 0.05) is 59.5 Å². The van der Waals surface area contributed by atoms with Crippen LogP contribution >= 0.6 is 11.3 Å². The lowest BCUT2D eigenvalue weighted by Crippen LogP contribution is -2.28. The van der Waals surface area contributed by atoms with Gasteiger partial charge < -0.3 is 4.90 Å². The molecule has 0 radical (unpaired) electrons. The molecule has 14 aromatic carbocycles. The number of hydrogen-bond donors (Lipinski definition) is 0. The van der Waals surface area contributed by atoms with Crippen molar-refractivity contribution in [2.75, 3.05) is 4.90 Å². The van der Waals surface area contributed by atoms with E-state index in [-0.39, 0.29) is 0 Å². The van der Waals surface area contributed by atoms with Gasteiger partial charge in [0.25, 0.3) is 0 Å². The van der Waals surface area contributed by atoms with Gasteiger partial charge in [-0.25, -0.2) is 9.97 Å². The summed E-state index contributed by atoms with van der Waals surface area (Å²) < 4.78 is 4.84. The van der Waals surface area contributed by atoms with E-state index in [4.69, 9.17) is 9.97 Å². The molecule has 0 amide bonds. The van der Waals surface area contributed by atoms with Crippen LogP contribution in [-0.4, -0.2) is 14.5 Å². The van der Waals surface area contributed by atoms with Gasteiger partial charge in [0.2, 0.25) is 5.95 Å². The van der Waals surface area contributed by atoms with Gasteiger partial charge in [-0.1, -0.05) is 279 Å². The molecule has 0 atom stereocenters. The van der Waals surface area contributed by atoms with Crippen molar-refractivity contribution in [3.05, 3.63) is 338 Å². The van der Waals surface area contributed by atoms with Gasteiger partial charge in [-0.3, -0.25) is 4.57 Å². The highest BCUT2D eigenvalue weighted by atomic mass is 32.1.